The maximum atomic E-state index is 13.4. The zero-order valence-corrected chi connectivity index (χ0v) is 20.2. The second-order valence-electron chi connectivity index (χ2n) is 9.71. The van der Waals surface area contributed by atoms with E-state index >= 15 is 0 Å². The molecule has 0 saturated carbocycles. The van der Waals surface area contributed by atoms with Crippen molar-refractivity contribution < 1.29 is 14.3 Å². The fourth-order valence-corrected chi connectivity index (χ4v) is 6.86. The molecule has 7 nitrogen and oxygen atoms in total. The van der Waals surface area contributed by atoms with Gasteiger partial charge in [0.05, 0.1) is 31.0 Å². The van der Waals surface area contributed by atoms with E-state index in [4.69, 9.17) is 9.47 Å². The highest BCUT2D eigenvalue weighted by Gasteiger charge is 2.31. The third-order valence-corrected chi connectivity index (χ3v) is 8.48. The minimum absolute atomic E-state index is 0.0177. The number of nitrogens with zero attached hydrogens (tertiary/aromatic N) is 3. The first-order valence-corrected chi connectivity index (χ1v) is 13.1. The van der Waals surface area contributed by atoms with Crippen molar-refractivity contribution in [2.75, 3.05) is 19.8 Å². The lowest BCUT2D eigenvalue weighted by Gasteiger charge is -2.26. The third kappa shape index (κ3) is 3.78. The van der Waals surface area contributed by atoms with Crippen molar-refractivity contribution in [1.29, 1.82) is 0 Å². The highest BCUT2D eigenvalue weighted by molar-refractivity contribution is 7.18. The molecule has 178 valence electrons. The van der Waals surface area contributed by atoms with Crippen LogP contribution in [-0.4, -0.2) is 40.1 Å². The molecular weight excluding hydrogens is 450 g/mol. The summed E-state index contributed by atoms with van der Waals surface area (Å²) >= 11 is 1.64. The molecule has 8 heteroatoms. The van der Waals surface area contributed by atoms with E-state index in [9.17, 15) is 9.59 Å². The SMILES string of the molecule is CC1CCc2c(sc3ncn(CC(=O)N4CCCC4c4ccc5c(c4)OCCCO5)c(=O)c23)C1. The summed E-state index contributed by atoms with van der Waals surface area (Å²) in [6, 6.07) is 5.96. The largest absolute Gasteiger partial charge is 0.490 e. The summed E-state index contributed by atoms with van der Waals surface area (Å²) in [5.41, 5.74) is 2.12. The Morgan fingerprint density at radius 3 is 2.91 bits per heavy atom. The van der Waals surface area contributed by atoms with Gasteiger partial charge in [0.2, 0.25) is 5.91 Å². The molecule has 1 fully saturated rings. The average Bonchev–Trinajstić information content (AvgIpc) is 3.39. The van der Waals surface area contributed by atoms with Gasteiger partial charge in [-0.25, -0.2) is 4.98 Å². The Morgan fingerprint density at radius 2 is 2.03 bits per heavy atom. The molecule has 0 radical (unpaired) electrons. The van der Waals surface area contributed by atoms with E-state index in [1.807, 2.05) is 23.1 Å². The lowest BCUT2D eigenvalue weighted by molar-refractivity contribution is -0.132. The highest BCUT2D eigenvalue weighted by atomic mass is 32.1. The predicted octanol–water partition coefficient (Wildman–Crippen LogP) is 4.11. The first-order chi connectivity index (χ1) is 16.6. The lowest BCUT2D eigenvalue weighted by Crippen LogP contribution is -2.36. The van der Waals surface area contributed by atoms with Gasteiger partial charge in [0.15, 0.2) is 11.5 Å². The Kier molecular flexibility index (Phi) is 5.56. The average molecular weight is 480 g/mol. The second-order valence-corrected chi connectivity index (χ2v) is 10.8. The molecular formula is C26H29N3O4S. The van der Waals surface area contributed by atoms with Gasteiger partial charge in [-0.1, -0.05) is 13.0 Å². The molecule has 0 spiro atoms. The van der Waals surface area contributed by atoms with Crippen LogP contribution in [0.2, 0.25) is 0 Å². The summed E-state index contributed by atoms with van der Waals surface area (Å²) in [5, 5.41) is 0.725. The minimum Gasteiger partial charge on any atom is -0.490 e. The topological polar surface area (TPSA) is 73.7 Å². The monoisotopic (exact) mass is 479 g/mol. The molecule has 1 aliphatic carbocycles. The van der Waals surface area contributed by atoms with Gasteiger partial charge in [0.25, 0.3) is 5.56 Å². The summed E-state index contributed by atoms with van der Waals surface area (Å²) in [6.45, 7) is 4.25. The van der Waals surface area contributed by atoms with Gasteiger partial charge < -0.3 is 14.4 Å². The number of thiophene rings is 1. The lowest BCUT2D eigenvalue weighted by atomic mass is 9.89. The number of fused-ring (bicyclic) bond motifs is 4. The Labute approximate surface area is 202 Å². The number of amides is 1. The van der Waals surface area contributed by atoms with Crippen LogP contribution in [0.15, 0.2) is 29.3 Å². The molecule has 2 aromatic heterocycles. The molecule has 0 N–H and O–H groups in total. The third-order valence-electron chi connectivity index (χ3n) is 7.32. The number of hydrogen-bond acceptors (Lipinski definition) is 6. The van der Waals surface area contributed by atoms with Crippen LogP contribution in [0.1, 0.15) is 54.7 Å². The molecule has 2 atom stereocenters. The molecule has 6 rings (SSSR count). The summed E-state index contributed by atoms with van der Waals surface area (Å²) in [5.74, 6) is 2.10. The Morgan fingerprint density at radius 1 is 1.18 bits per heavy atom. The zero-order valence-electron chi connectivity index (χ0n) is 19.4. The quantitative estimate of drug-likeness (QED) is 0.565. The number of aromatic nitrogens is 2. The summed E-state index contributed by atoms with van der Waals surface area (Å²) in [4.78, 5) is 35.3. The van der Waals surface area contributed by atoms with Crippen LogP contribution >= 0.6 is 11.3 Å². The molecule has 1 amide bonds. The number of ether oxygens (including phenoxy) is 2. The molecule has 1 aromatic carbocycles. The predicted molar refractivity (Wildman–Crippen MR) is 131 cm³/mol. The van der Waals surface area contributed by atoms with Gasteiger partial charge in [0.1, 0.15) is 11.4 Å². The summed E-state index contributed by atoms with van der Waals surface area (Å²) in [7, 11) is 0. The molecule has 3 aliphatic rings. The normalized spacial score (nSPS) is 22.0. The number of carbonyl (C=O) groups is 1. The van der Waals surface area contributed by atoms with Crippen LogP contribution in [0.5, 0.6) is 11.5 Å². The van der Waals surface area contributed by atoms with Crippen molar-refractivity contribution in [1.82, 2.24) is 14.5 Å². The standard InChI is InChI=1S/C26H29N3O4S/c1-16-5-7-18-22(12-16)34-25-24(18)26(31)28(15-27-25)14-23(30)29-9-2-4-19(29)17-6-8-20-21(13-17)33-11-3-10-32-20/h6,8,13,15-16,19H,2-5,7,9-12,14H2,1H3. The number of hydrogen-bond donors (Lipinski definition) is 0. The van der Waals surface area contributed by atoms with Gasteiger partial charge in [-0.2, -0.15) is 0 Å². The van der Waals surface area contributed by atoms with Crippen molar-refractivity contribution in [3.63, 3.8) is 0 Å². The van der Waals surface area contributed by atoms with Crippen LogP contribution in [0.25, 0.3) is 10.2 Å². The molecule has 3 aromatic rings. The van der Waals surface area contributed by atoms with E-state index in [0.717, 1.165) is 71.4 Å². The van der Waals surface area contributed by atoms with Gasteiger partial charge >= 0.3 is 0 Å². The molecule has 4 heterocycles. The van der Waals surface area contributed by atoms with E-state index in [0.29, 0.717) is 25.7 Å². The van der Waals surface area contributed by atoms with Crippen molar-refractivity contribution in [3.05, 3.63) is 50.9 Å². The van der Waals surface area contributed by atoms with E-state index in [-0.39, 0.29) is 24.1 Å². The fraction of sp³-hybridized carbons (Fsp3) is 0.500. The van der Waals surface area contributed by atoms with Crippen LogP contribution < -0.4 is 15.0 Å². The van der Waals surface area contributed by atoms with Crippen molar-refractivity contribution in [3.8, 4) is 11.5 Å². The maximum absolute atomic E-state index is 13.4. The number of aryl methyl sites for hydroxylation is 1. The highest BCUT2D eigenvalue weighted by Crippen LogP contribution is 2.38. The minimum atomic E-state index is -0.0864. The zero-order chi connectivity index (χ0) is 23.2. The second kappa shape index (κ2) is 8.73. The van der Waals surface area contributed by atoms with Gasteiger partial charge in [-0.15, -0.1) is 11.3 Å². The number of carbonyl (C=O) groups excluding carboxylic acids is 1. The maximum Gasteiger partial charge on any atom is 0.262 e. The smallest absolute Gasteiger partial charge is 0.262 e. The van der Waals surface area contributed by atoms with Crippen LogP contribution in [0, 0.1) is 5.92 Å². The van der Waals surface area contributed by atoms with E-state index in [1.54, 1.807) is 17.7 Å². The number of rotatable bonds is 3. The van der Waals surface area contributed by atoms with Crippen molar-refractivity contribution >= 4 is 27.5 Å². The van der Waals surface area contributed by atoms with Crippen LogP contribution in [-0.2, 0) is 24.2 Å². The van der Waals surface area contributed by atoms with E-state index in [1.165, 1.54) is 9.44 Å². The number of likely N-dealkylation sites (tertiary alicyclic amines) is 1. The molecule has 2 aliphatic heterocycles. The van der Waals surface area contributed by atoms with E-state index in [2.05, 4.69) is 11.9 Å². The Bertz CT molecular complexity index is 1310. The Hall–Kier alpha value is -2.87. The number of benzene rings is 1. The van der Waals surface area contributed by atoms with Crippen LogP contribution in [0.3, 0.4) is 0 Å². The molecule has 0 bridgehead atoms. The van der Waals surface area contributed by atoms with Crippen molar-refractivity contribution in [2.45, 2.75) is 58.0 Å². The molecule has 1 saturated heterocycles. The molecule has 2 unspecified atom stereocenters. The van der Waals surface area contributed by atoms with Gasteiger partial charge in [-0.3, -0.25) is 14.2 Å². The summed E-state index contributed by atoms with van der Waals surface area (Å²) in [6.07, 6.45) is 7.27. The molecule has 34 heavy (non-hydrogen) atoms. The summed E-state index contributed by atoms with van der Waals surface area (Å²) < 4.78 is 13.1. The van der Waals surface area contributed by atoms with Gasteiger partial charge in [0, 0.05) is 17.8 Å². The van der Waals surface area contributed by atoms with E-state index < -0.39 is 0 Å². The first kappa shape index (κ1) is 21.6. The van der Waals surface area contributed by atoms with Crippen molar-refractivity contribution in [2.24, 2.45) is 5.92 Å². The van der Waals surface area contributed by atoms with Gasteiger partial charge in [-0.05, 0) is 61.3 Å². The first-order valence-electron chi connectivity index (χ1n) is 12.3. The fourth-order valence-electron chi connectivity index (χ4n) is 5.51. The Balaban J connectivity index is 1.26. The van der Waals surface area contributed by atoms with Crippen LogP contribution in [0.4, 0.5) is 0 Å².